The summed E-state index contributed by atoms with van der Waals surface area (Å²) >= 11 is 0. The van der Waals surface area contributed by atoms with Gasteiger partial charge in [0.2, 0.25) is 11.7 Å². The highest BCUT2D eigenvalue weighted by atomic mass is 19.4. The van der Waals surface area contributed by atoms with Gasteiger partial charge < -0.3 is 4.52 Å². The normalized spacial score (nSPS) is 15.7. The Morgan fingerprint density at radius 3 is 2.44 bits per heavy atom. The molecule has 0 bridgehead atoms. The lowest BCUT2D eigenvalue weighted by Gasteiger charge is -2.27. The second-order valence-corrected chi connectivity index (χ2v) is 6.51. The fourth-order valence-electron chi connectivity index (χ4n) is 3.17. The minimum absolute atomic E-state index is 0.0157. The molecule has 0 atom stereocenters. The molecule has 6 nitrogen and oxygen atoms in total. The highest BCUT2D eigenvalue weighted by Gasteiger charge is 2.38. The Kier molecular flexibility index (Phi) is 5.79. The number of amides is 1. The first kappa shape index (κ1) is 19.3. The third-order valence-electron chi connectivity index (χ3n) is 4.63. The smallest absolute Gasteiger partial charge is 0.329 e. The predicted octanol–water partition coefficient (Wildman–Crippen LogP) is 4.23. The van der Waals surface area contributed by atoms with Crippen molar-refractivity contribution in [1.82, 2.24) is 15.2 Å². The summed E-state index contributed by atoms with van der Waals surface area (Å²) in [6, 6.07) is 6.55. The summed E-state index contributed by atoms with van der Waals surface area (Å²) < 4.78 is 41.9. The number of carbonyl (C=O) groups is 1. The van der Waals surface area contributed by atoms with Gasteiger partial charge in [-0.25, -0.2) is 5.06 Å². The van der Waals surface area contributed by atoms with E-state index in [1.54, 1.807) is 24.3 Å². The summed E-state index contributed by atoms with van der Waals surface area (Å²) in [4.78, 5) is 21.2. The fourth-order valence-corrected chi connectivity index (χ4v) is 3.17. The largest absolute Gasteiger partial charge is 0.471 e. The molecular weight excluding hydrogens is 363 g/mol. The van der Waals surface area contributed by atoms with Crippen molar-refractivity contribution >= 4 is 5.91 Å². The quantitative estimate of drug-likeness (QED) is 0.723. The van der Waals surface area contributed by atoms with Crippen molar-refractivity contribution in [3.05, 3.63) is 35.7 Å². The van der Waals surface area contributed by atoms with Crippen LogP contribution in [0, 0.1) is 5.92 Å². The molecule has 1 aromatic heterocycles. The van der Waals surface area contributed by atoms with E-state index < -0.39 is 12.1 Å². The van der Waals surface area contributed by atoms with Crippen LogP contribution in [-0.4, -0.2) is 28.2 Å². The van der Waals surface area contributed by atoms with Gasteiger partial charge in [-0.15, -0.1) is 0 Å². The topological polar surface area (TPSA) is 68.5 Å². The van der Waals surface area contributed by atoms with E-state index in [1.165, 1.54) is 12.2 Å². The number of hydroxylamine groups is 2. The second kappa shape index (κ2) is 8.08. The fraction of sp³-hybridized carbons (Fsp3) is 0.500. The SMILES string of the molecule is CON(Cc1ccc(-c2noc(C(F)(F)F)n2)cc1)C(=O)C1CCCCC1. The molecule has 1 amide bonds. The van der Waals surface area contributed by atoms with E-state index in [0.717, 1.165) is 37.7 Å². The Bertz CT molecular complexity index is 768. The van der Waals surface area contributed by atoms with Crippen LogP contribution in [0.2, 0.25) is 0 Å². The van der Waals surface area contributed by atoms with Crippen LogP contribution in [0.1, 0.15) is 43.6 Å². The average molecular weight is 383 g/mol. The molecule has 1 aliphatic rings. The standard InChI is InChI=1S/C18H20F3N3O3/c1-26-24(16(25)14-5-3-2-4-6-14)11-12-7-9-13(10-8-12)15-22-17(27-23-15)18(19,20)21/h7-10,14H,2-6,11H2,1H3. The Balaban J connectivity index is 1.67. The Hall–Kier alpha value is -2.42. The number of carbonyl (C=O) groups excluding carboxylic acids is 1. The Labute approximate surface area is 154 Å². The van der Waals surface area contributed by atoms with Crippen LogP contribution >= 0.6 is 0 Å². The van der Waals surface area contributed by atoms with E-state index in [9.17, 15) is 18.0 Å². The highest BCUT2D eigenvalue weighted by Crippen LogP contribution is 2.30. The lowest BCUT2D eigenvalue weighted by Crippen LogP contribution is -2.35. The number of halogens is 3. The molecule has 1 aliphatic carbocycles. The number of hydrogen-bond donors (Lipinski definition) is 0. The molecule has 0 unspecified atom stereocenters. The summed E-state index contributed by atoms with van der Waals surface area (Å²) in [5.74, 6) is -1.58. The van der Waals surface area contributed by atoms with Gasteiger partial charge in [0.15, 0.2) is 0 Å². The van der Waals surface area contributed by atoms with Crippen molar-refractivity contribution in [3.63, 3.8) is 0 Å². The van der Waals surface area contributed by atoms with Crippen LogP contribution in [0.5, 0.6) is 0 Å². The zero-order valence-corrected chi connectivity index (χ0v) is 14.8. The summed E-state index contributed by atoms with van der Waals surface area (Å²) in [5, 5.41) is 4.69. The number of hydrogen-bond acceptors (Lipinski definition) is 5. The van der Waals surface area contributed by atoms with Crippen LogP contribution in [0.4, 0.5) is 13.2 Å². The van der Waals surface area contributed by atoms with Gasteiger partial charge >= 0.3 is 12.1 Å². The minimum Gasteiger partial charge on any atom is -0.329 e. The monoisotopic (exact) mass is 383 g/mol. The summed E-state index contributed by atoms with van der Waals surface area (Å²) in [6.45, 7) is 0.256. The molecule has 1 fully saturated rings. The molecule has 2 aromatic rings. The number of nitrogens with zero attached hydrogens (tertiary/aromatic N) is 3. The molecule has 146 valence electrons. The lowest BCUT2D eigenvalue weighted by atomic mass is 9.88. The molecule has 1 aromatic carbocycles. The molecule has 0 aliphatic heterocycles. The molecule has 1 heterocycles. The van der Waals surface area contributed by atoms with Gasteiger partial charge in [-0.3, -0.25) is 9.63 Å². The molecular formula is C18H20F3N3O3. The van der Waals surface area contributed by atoms with E-state index in [2.05, 4.69) is 14.7 Å². The summed E-state index contributed by atoms with van der Waals surface area (Å²) in [5.41, 5.74) is 1.17. The van der Waals surface area contributed by atoms with Crippen LogP contribution in [0.15, 0.2) is 28.8 Å². The summed E-state index contributed by atoms with van der Waals surface area (Å²) in [6.07, 6.45) is 0.322. The Morgan fingerprint density at radius 1 is 1.22 bits per heavy atom. The van der Waals surface area contributed by atoms with Gasteiger partial charge in [0, 0.05) is 11.5 Å². The van der Waals surface area contributed by atoms with Gasteiger partial charge in [-0.05, 0) is 18.4 Å². The van der Waals surface area contributed by atoms with E-state index in [-0.39, 0.29) is 24.2 Å². The van der Waals surface area contributed by atoms with E-state index in [4.69, 9.17) is 4.84 Å². The molecule has 0 saturated heterocycles. The number of benzene rings is 1. The molecule has 0 radical (unpaired) electrons. The first-order valence-electron chi connectivity index (χ1n) is 8.74. The van der Waals surface area contributed by atoms with Crippen molar-refractivity contribution in [2.24, 2.45) is 5.92 Å². The average Bonchev–Trinajstić information content (AvgIpc) is 3.17. The van der Waals surface area contributed by atoms with Crippen molar-refractivity contribution in [1.29, 1.82) is 0 Å². The van der Waals surface area contributed by atoms with Crippen LogP contribution in [0.25, 0.3) is 11.4 Å². The van der Waals surface area contributed by atoms with E-state index in [1.807, 2.05) is 0 Å². The van der Waals surface area contributed by atoms with Gasteiger partial charge in [0.1, 0.15) is 0 Å². The lowest BCUT2D eigenvalue weighted by molar-refractivity contribution is -0.185. The maximum absolute atomic E-state index is 12.6. The van der Waals surface area contributed by atoms with Gasteiger partial charge in [0.05, 0.1) is 13.7 Å². The maximum Gasteiger partial charge on any atom is 0.471 e. The highest BCUT2D eigenvalue weighted by molar-refractivity contribution is 5.78. The van der Waals surface area contributed by atoms with Crippen molar-refractivity contribution in [3.8, 4) is 11.4 Å². The number of aromatic nitrogens is 2. The zero-order valence-electron chi connectivity index (χ0n) is 14.8. The number of alkyl halides is 3. The molecule has 1 saturated carbocycles. The summed E-state index contributed by atoms with van der Waals surface area (Å²) in [7, 11) is 1.45. The van der Waals surface area contributed by atoms with Crippen molar-refractivity contribution < 1.29 is 27.3 Å². The van der Waals surface area contributed by atoms with Gasteiger partial charge in [-0.2, -0.15) is 18.2 Å². The Morgan fingerprint density at radius 2 is 1.89 bits per heavy atom. The van der Waals surface area contributed by atoms with Gasteiger partial charge in [-0.1, -0.05) is 48.7 Å². The molecule has 9 heteroatoms. The first-order valence-corrected chi connectivity index (χ1v) is 8.74. The molecule has 0 spiro atoms. The zero-order chi connectivity index (χ0) is 19.4. The van der Waals surface area contributed by atoms with Crippen LogP contribution in [-0.2, 0) is 22.4 Å². The predicted molar refractivity (Wildman–Crippen MR) is 88.9 cm³/mol. The van der Waals surface area contributed by atoms with Crippen molar-refractivity contribution in [2.75, 3.05) is 7.11 Å². The third kappa shape index (κ3) is 4.65. The molecule has 3 rings (SSSR count). The molecule has 27 heavy (non-hydrogen) atoms. The van der Waals surface area contributed by atoms with Crippen molar-refractivity contribution in [2.45, 2.75) is 44.8 Å². The first-order chi connectivity index (χ1) is 12.9. The van der Waals surface area contributed by atoms with E-state index in [0.29, 0.717) is 5.56 Å². The maximum atomic E-state index is 12.6. The van der Waals surface area contributed by atoms with Gasteiger partial charge in [0.25, 0.3) is 0 Å². The third-order valence-corrected chi connectivity index (χ3v) is 4.63. The van der Waals surface area contributed by atoms with E-state index >= 15 is 0 Å². The minimum atomic E-state index is -4.68. The van der Waals surface area contributed by atoms with Crippen LogP contribution < -0.4 is 0 Å². The molecule has 0 N–H and O–H groups in total. The number of rotatable bonds is 5. The van der Waals surface area contributed by atoms with Crippen LogP contribution in [0.3, 0.4) is 0 Å². The second-order valence-electron chi connectivity index (χ2n) is 6.51.